The SMILES string of the molecule is Cc1cc(C)c2[nH]c(CNCC[C@@H]3CCCN3C)cc(=O)c2c1. The molecule has 0 amide bonds. The highest BCUT2D eigenvalue weighted by Crippen LogP contribution is 2.18. The minimum atomic E-state index is 0.109. The van der Waals surface area contributed by atoms with Crippen LogP contribution in [-0.2, 0) is 6.54 Å². The number of fused-ring (bicyclic) bond motifs is 1. The number of pyridine rings is 1. The van der Waals surface area contributed by atoms with Crippen LogP contribution in [0.25, 0.3) is 10.9 Å². The second kappa shape index (κ2) is 6.85. The zero-order chi connectivity index (χ0) is 16.4. The summed E-state index contributed by atoms with van der Waals surface area (Å²) in [5.41, 5.74) is 4.31. The average molecular weight is 313 g/mol. The first-order valence-electron chi connectivity index (χ1n) is 8.58. The average Bonchev–Trinajstić information content (AvgIpc) is 2.90. The number of benzene rings is 1. The van der Waals surface area contributed by atoms with Crippen molar-refractivity contribution < 1.29 is 0 Å². The highest BCUT2D eigenvalue weighted by molar-refractivity contribution is 5.82. The number of aromatic amines is 1. The zero-order valence-corrected chi connectivity index (χ0v) is 14.4. The van der Waals surface area contributed by atoms with Gasteiger partial charge in [0.15, 0.2) is 5.43 Å². The van der Waals surface area contributed by atoms with Crippen LogP contribution in [-0.4, -0.2) is 36.1 Å². The predicted molar refractivity (Wildman–Crippen MR) is 96.0 cm³/mol. The fraction of sp³-hybridized carbons (Fsp3) is 0.526. The van der Waals surface area contributed by atoms with Crippen molar-refractivity contribution in [2.75, 3.05) is 20.1 Å². The summed E-state index contributed by atoms with van der Waals surface area (Å²) in [7, 11) is 2.21. The fourth-order valence-electron chi connectivity index (χ4n) is 3.69. The van der Waals surface area contributed by atoms with Crippen LogP contribution >= 0.6 is 0 Å². The Morgan fingerprint density at radius 1 is 1.30 bits per heavy atom. The zero-order valence-electron chi connectivity index (χ0n) is 14.4. The van der Waals surface area contributed by atoms with Crippen LogP contribution in [0, 0.1) is 13.8 Å². The molecule has 2 heterocycles. The van der Waals surface area contributed by atoms with E-state index in [0.717, 1.165) is 40.8 Å². The van der Waals surface area contributed by atoms with Gasteiger partial charge >= 0.3 is 0 Å². The van der Waals surface area contributed by atoms with Crippen LogP contribution in [0.1, 0.15) is 36.1 Å². The molecule has 1 aliphatic rings. The van der Waals surface area contributed by atoms with Crippen molar-refractivity contribution in [2.45, 2.75) is 45.7 Å². The second-order valence-electron chi connectivity index (χ2n) is 6.91. The van der Waals surface area contributed by atoms with Gasteiger partial charge in [-0.3, -0.25) is 4.79 Å². The third kappa shape index (κ3) is 3.65. The van der Waals surface area contributed by atoms with E-state index >= 15 is 0 Å². The lowest BCUT2D eigenvalue weighted by Gasteiger charge is -2.19. The highest BCUT2D eigenvalue weighted by atomic mass is 16.1. The molecule has 1 aromatic carbocycles. The standard InChI is InChI=1S/C19H27N3O/c1-13-9-14(2)19-17(10-13)18(23)11-15(21-19)12-20-7-6-16-5-4-8-22(16)3/h9-11,16,20H,4-8,12H2,1-3H3,(H,21,23)/t16-/m0/s1. The van der Waals surface area contributed by atoms with Gasteiger partial charge in [-0.15, -0.1) is 0 Å². The largest absolute Gasteiger partial charge is 0.357 e. The summed E-state index contributed by atoms with van der Waals surface area (Å²) in [5.74, 6) is 0. The van der Waals surface area contributed by atoms with Crippen molar-refractivity contribution in [1.82, 2.24) is 15.2 Å². The van der Waals surface area contributed by atoms with Gasteiger partial charge in [0, 0.05) is 29.7 Å². The Bertz CT molecular complexity index is 750. The third-order valence-electron chi connectivity index (χ3n) is 4.98. The molecule has 0 saturated carbocycles. The van der Waals surface area contributed by atoms with E-state index in [-0.39, 0.29) is 5.43 Å². The molecule has 3 rings (SSSR count). The van der Waals surface area contributed by atoms with Crippen molar-refractivity contribution in [1.29, 1.82) is 0 Å². The van der Waals surface area contributed by atoms with Crippen molar-refractivity contribution in [2.24, 2.45) is 0 Å². The smallest absolute Gasteiger partial charge is 0.189 e. The van der Waals surface area contributed by atoms with Gasteiger partial charge in [0.2, 0.25) is 0 Å². The van der Waals surface area contributed by atoms with E-state index in [1.165, 1.54) is 25.8 Å². The minimum absolute atomic E-state index is 0.109. The molecule has 1 saturated heterocycles. The Morgan fingerprint density at radius 3 is 2.87 bits per heavy atom. The maximum atomic E-state index is 12.3. The van der Waals surface area contributed by atoms with Gasteiger partial charge in [-0.05, 0) is 70.4 Å². The molecule has 1 atom stereocenters. The number of aryl methyl sites for hydroxylation is 2. The Labute approximate surface area is 137 Å². The minimum Gasteiger partial charge on any atom is -0.357 e. The van der Waals surface area contributed by atoms with E-state index < -0.39 is 0 Å². The quantitative estimate of drug-likeness (QED) is 0.835. The summed E-state index contributed by atoms with van der Waals surface area (Å²) in [6.45, 7) is 7.01. The van der Waals surface area contributed by atoms with Crippen LogP contribution in [0.15, 0.2) is 23.0 Å². The molecule has 0 bridgehead atoms. The van der Waals surface area contributed by atoms with Crippen molar-refractivity contribution in [3.05, 3.63) is 45.2 Å². The number of aromatic nitrogens is 1. The lowest BCUT2D eigenvalue weighted by atomic mass is 10.1. The third-order valence-corrected chi connectivity index (χ3v) is 4.98. The fourth-order valence-corrected chi connectivity index (χ4v) is 3.69. The molecule has 1 aromatic heterocycles. The van der Waals surface area contributed by atoms with E-state index in [4.69, 9.17) is 0 Å². The first-order chi connectivity index (χ1) is 11.0. The summed E-state index contributed by atoms with van der Waals surface area (Å²) in [6, 6.07) is 6.53. The van der Waals surface area contributed by atoms with Crippen LogP contribution in [0.3, 0.4) is 0 Å². The lowest BCUT2D eigenvalue weighted by molar-refractivity contribution is 0.293. The summed E-state index contributed by atoms with van der Waals surface area (Å²) in [5, 5.41) is 4.27. The van der Waals surface area contributed by atoms with Gasteiger partial charge in [0.05, 0.1) is 5.52 Å². The molecule has 124 valence electrons. The van der Waals surface area contributed by atoms with E-state index in [2.05, 4.69) is 35.2 Å². The normalized spacial score (nSPS) is 18.8. The summed E-state index contributed by atoms with van der Waals surface area (Å²) in [6.07, 6.45) is 3.80. The number of nitrogens with one attached hydrogen (secondary N) is 2. The lowest BCUT2D eigenvalue weighted by Crippen LogP contribution is -2.29. The topological polar surface area (TPSA) is 48.1 Å². The Balaban J connectivity index is 1.65. The van der Waals surface area contributed by atoms with Gasteiger partial charge in [0.1, 0.15) is 0 Å². The second-order valence-corrected chi connectivity index (χ2v) is 6.91. The summed E-state index contributed by atoms with van der Waals surface area (Å²) >= 11 is 0. The number of likely N-dealkylation sites (tertiary alicyclic amines) is 1. The van der Waals surface area contributed by atoms with E-state index in [1.54, 1.807) is 6.07 Å². The Hall–Kier alpha value is -1.65. The molecular weight excluding hydrogens is 286 g/mol. The molecule has 1 fully saturated rings. The first-order valence-corrected chi connectivity index (χ1v) is 8.58. The van der Waals surface area contributed by atoms with Crippen molar-refractivity contribution >= 4 is 10.9 Å². The molecular formula is C19H27N3O. The van der Waals surface area contributed by atoms with E-state index in [0.29, 0.717) is 6.04 Å². The van der Waals surface area contributed by atoms with Crippen molar-refractivity contribution in [3.63, 3.8) is 0 Å². The predicted octanol–water partition coefficient (Wildman–Crippen LogP) is 2.72. The molecule has 0 radical (unpaired) electrons. The molecule has 0 spiro atoms. The van der Waals surface area contributed by atoms with Gasteiger partial charge in [-0.2, -0.15) is 0 Å². The molecule has 1 aliphatic heterocycles. The molecule has 23 heavy (non-hydrogen) atoms. The number of hydrogen-bond donors (Lipinski definition) is 2. The highest BCUT2D eigenvalue weighted by Gasteiger charge is 2.19. The van der Waals surface area contributed by atoms with Gasteiger partial charge in [-0.25, -0.2) is 0 Å². The molecule has 0 unspecified atom stereocenters. The van der Waals surface area contributed by atoms with E-state index in [1.807, 2.05) is 13.0 Å². The molecule has 2 N–H and O–H groups in total. The van der Waals surface area contributed by atoms with E-state index in [9.17, 15) is 4.79 Å². The molecule has 0 aliphatic carbocycles. The molecule has 4 nitrogen and oxygen atoms in total. The molecule has 2 aromatic rings. The number of nitrogens with zero attached hydrogens (tertiary/aromatic N) is 1. The Morgan fingerprint density at radius 2 is 2.13 bits per heavy atom. The Kier molecular flexibility index (Phi) is 4.83. The number of rotatable bonds is 5. The first kappa shape index (κ1) is 16.2. The van der Waals surface area contributed by atoms with Crippen LogP contribution in [0.5, 0.6) is 0 Å². The van der Waals surface area contributed by atoms with Crippen LogP contribution in [0.2, 0.25) is 0 Å². The van der Waals surface area contributed by atoms with Gasteiger partial charge < -0.3 is 15.2 Å². The number of hydrogen-bond acceptors (Lipinski definition) is 3. The number of H-pyrrole nitrogens is 1. The summed E-state index contributed by atoms with van der Waals surface area (Å²) in [4.78, 5) is 18.2. The van der Waals surface area contributed by atoms with Gasteiger partial charge in [-0.1, -0.05) is 6.07 Å². The van der Waals surface area contributed by atoms with Crippen molar-refractivity contribution in [3.8, 4) is 0 Å². The van der Waals surface area contributed by atoms with Crippen LogP contribution < -0.4 is 10.7 Å². The maximum Gasteiger partial charge on any atom is 0.189 e. The maximum absolute atomic E-state index is 12.3. The molecule has 4 heteroatoms. The monoisotopic (exact) mass is 313 g/mol. The summed E-state index contributed by atoms with van der Waals surface area (Å²) < 4.78 is 0. The van der Waals surface area contributed by atoms with Crippen LogP contribution in [0.4, 0.5) is 0 Å². The van der Waals surface area contributed by atoms with Gasteiger partial charge in [0.25, 0.3) is 0 Å².